The van der Waals surface area contributed by atoms with Crippen LogP contribution in [0.5, 0.6) is 11.5 Å². The van der Waals surface area contributed by atoms with Crippen LogP contribution in [0.3, 0.4) is 0 Å². The van der Waals surface area contributed by atoms with Crippen molar-refractivity contribution in [3.63, 3.8) is 0 Å². The lowest BCUT2D eigenvalue weighted by Gasteiger charge is -2.54. The molecule has 2 fully saturated rings. The Morgan fingerprint density at radius 2 is 1.97 bits per heavy atom. The Balaban J connectivity index is 1.50. The Bertz CT molecular complexity index is 1540. The highest BCUT2D eigenvalue weighted by Gasteiger charge is 2.51. The molecule has 0 bridgehead atoms. The summed E-state index contributed by atoms with van der Waals surface area (Å²) in [5.41, 5.74) is -0.979. The van der Waals surface area contributed by atoms with Crippen LogP contribution in [0.4, 0.5) is 14.5 Å². The van der Waals surface area contributed by atoms with Crippen molar-refractivity contribution in [2.24, 2.45) is 12.5 Å². The van der Waals surface area contributed by atoms with Gasteiger partial charge in [0, 0.05) is 26.2 Å². The summed E-state index contributed by atoms with van der Waals surface area (Å²) in [5, 5.41) is 9.82. The molecule has 2 heterocycles. The molecule has 12 heteroatoms. The number of ether oxygens (including phenoxy) is 1. The van der Waals surface area contributed by atoms with E-state index >= 15 is 0 Å². The predicted molar refractivity (Wildman–Crippen MR) is 119 cm³/mol. The van der Waals surface area contributed by atoms with Gasteiger partial charge in [-0.1, -0.05) is 6.42 Å². The first-order chi connectivity index (χ1) is 16.1. The first kappa shape index (κ1) is 22.2. The summed E-state index contributed by atoms with van der Waals surface area (Å²) >= 11 is 0. The van der Waals surface area contributed by atoms with Crippen LogP contribution >= 0.6 is 0 Å². The van der Waals surface area contributed by atoms with Gasteiger partial charge in [0.25, 0.3) is 5.56 Å². The first-order valence-electron chi connectivity index (χ1n) is 10.5. The van der Waals surface area contributed by atoms with Gasteiger partial charge in [-0.05, 0) is 36.5 Å². The van der Waals surface area contributed by atoms with Gasteiger partial charge in [0.1, 0.15) is 17.4 Å². The van der Waals surface area contributed by atoms with E-state index < -0.39 is 38.8 Å². The fourth-order valence-corrected chi connectivity index (χ4v) is 5.79. The highest BCUT2D eigenvalue weighted by Crippen LogP contribution is 2.49. The number of hydrogen-bond donors (Lipinski definition) is 1. The first-order valence-corrected chi connectivity index (χ1v) is 11.9. The van der Waals surface area contributed by atoms with E-state index in [2.05, 4.69) is 9.71 Å². The SMILES string of the molecule is Cn1cnc2ccc(Oc3c(F)c(F)cc(NS(=O)(=O)N4CC5(CCC5)C4)c3C#N)cc2c1=O. The summed E-state index contributed by atoms with van der Waals surface area (Å²) in [5.74, 6) is -3.71. The van der Waals surface area contributed by atoms with E-state index in [-0.39, 0.29) is 22.1 Å². The number of nitrogens with zero attached hydrogens (tertiary/aromatic N) is 4. The van der Waals surface area contributed by atoms with Crippen molar-refractivity contribution in [3.05, 3.63) is 58.1 Å². The zero-order valence-electron chi connectivity index (χ0n) is 18.0. The minimum atomic E-state index is -4.08. The van der Waals surface area contributed by atoms with Crippen molar-refractivity contribution in [3.8, 4) is 17.6 Å². The molecule has 1 aliphatic heterocycles. The molecule has 1 aromatic heterocycles. The summed E-state index contributed by atoms with van der Waals surface area (Å²) < 4.78 is 64.7. The highest BCUT2D eigenvalue weighted by molar-refractivity contribution is 7.90. The molecule has 2 aromatic carbocycles. The van der Waals surface area contributed by atoms with Crippen molar-refractivity contribution in [1.29, 1.82) is 5.26 Å². The van der Waals surface area contributed by atoms with Gasteiger partial charge in [-0.15, -0.1) is 0 Å². The summed E-state index contributed by atoms with van der Waals surface area (Å²) in [4.78, 5) is 16.5. The van der Waals surface area contributed by atoms with Gasteiger partial charge in [-0.2, -0.15) is 22.4 Å². The molecule has 0 unspecified atom stereocenters. The molecule has 9 nitrogen and oxygen atoms in total. The second kappa shape index (κ2) is 7.75. The topological polar surface area (TPSA) is 117 Å². The van der Waals surface area contributed by atoms with E-state index in [1.807, 2.05) is 0 Å². The van der Waals surface area contributed by atoms with E-state index in [9.17, 15) is 27.3 Å². The van der Waals surface area contributed by atoms with Crippen molar-refractivity contribution in [2.45, 2.75) is 19.3 Å². The van der Waals surface area contributed by atoms with Crippen LogP contribution in [0.2, 0.25) is 0 Å². The normalized spacial score (nSPS) is 17.1. The fraction of sp³-hybridized carbons (Fsp3) is 0.318. The molecule has 0 radical (unpaired) electrons. The van der Waals surface area contributed by atoms with Crippen molar-refractivity contribution in [1.82, 2.24) is 13.9 Å². The molecule has 34 heavy (non-hydrogen) atoms. The van der Waals surface area contributed by atoms with Crippen LogP contribution in [0.1, 0.15) is 24.8 Å². The summed E-state index contributed by atoms with van der Waals surface area (Å²) in [6.45, 7) is 0.689. The smallest absolute Gasteiger partial charge is 0.301 e. The average Bonchev–Trinajstić information content (AvgIpc) is 2.72. The molecular weight excluding hydrogens is 468 g/mol. The van der Waals surface area contributed by atoms with Gasteiger partial charge in [0.2, 0.25) is 5.82 Å². The molecular formula is C22H19F2N5O4S. The lowest BCUT2D eigenvalue weighted by atomic mass is 9.65. The minimum Gasteiger partial charge on any atom is -0.453 e. The second-order valence-electron chi connectivity index (χ2n) is 8.71. The van der Waals surface area contributed by atoms with E-state index in [4.69, 9.17) is 4.74 Å². The molecule has 1 saturated carbocycles. The maximum Gasteiger partial charge on any atom is 0.301 e. The lowest BCUT2D eigenvalue weighted by Crippen LogP contribution is -2.62. The second-order valence-corrected chi connectivity index (χ2v) is 10.4. The zero-order chi connectivity index (χ0) is 24.3. The third-order valence-electron chi connectivity index (χ3n) is 6.41. The molecule has 1 saturated heterocycles. The van der Waals surface area contributed by atoms with Gasteiger partial charge >= 0.3 is 10.2 Å². The summed E-state index contributed by atoms with van der Waals surface area (Å²) in [6, 6.07) is 6.42. The predicted octanol–water partition coefficient (Wildman–Crippen LogP) is 3.02. The van der Waals surface area contributed by atoms with Crippen LogP contribution in [-0.4, -0.2) is 35.4 Å². The molecule has 2 aliphatic rings. The van der Waals surface area contributed by atoms with Crippen LogP contribution in [0.15, 0.2) is 35.4 Å². The standard InChI is InChI=1S/C22H19F2N5O4S/c1-28-12-26-17-4-3-13(7-14(17)21(28)30)33-20-15(9-25)18(8-16(23)19(20)24)27-34(31,32)29-10-22(11-29)5-2-6-22/h3-4,7-8,12,27H,2,5-6,10-11H2,1H3. The number of aryl methyl sites for hydroxylation is 1. The maximum absolute atomic E-state index is 14.7. The summed E-state index contributed by atoms with van der Waals surface area (Å²) in [7, 11) is -2.57. The molecule has 176 valence electrons. The summed E-state index contributed by atoms with van der Waals surface area (Å²) in [6.07, 6.45) is 4.31. The molecule has 1 N–H and O–H groups in total. The van der Waals surface area contributed by atoms with Crippen molar-refractivity contribution >= 4 is 26.8 Å². The van der Waals surface area contributed by atoms with Crippen LogP contribution in [0, 0.1) is 28.4 Å². The molecule has 3 aromatic rings. The van der Waals surface area contributed by atoms with Crippen molar-refractivity contribution in [2.75, 3.05) is 17.8 Å². The number of rotatable bonds is 5. The number of nitrogens with one attached hydrogen (secondary N) is 1. The van der Waals surface area contributed by atoms with E-state index in [0.29, 0.717) is 24.7 Å². The third kappa shape index (κ3) is 3.57. The average molecular weight is 487 g/mol. The number of fused-ring (bicyclic) bond motifs is 1. The lowest BCUT2D eigenvalue weighted by molar-refractivity contribution is -0.00752. The maximum atomic E-state index is 14.7. The van der Waals surface area contributed by atoms with Crippen molar-refractivity contribution < 1.29 is 21.9 Å². The van der Waals surface area contributed by atoms with Gasteiger partial charge in [-0.3, -0.25) is 9.52 Å². The fourth-order valence-electron chi connectivity index (χ4n) is 4.33. The van der Waals surface area contributed by atoms with Gasteiger partial charge in [-0.25, -0.2) is 9.37 Å². The number of hydrogen-bond acceptors (Lipinski definition) is 6. The molecule has 5 rings (SSSR count). The van der Waals surface area contributed by atoms with E-state index in [0.717, 1.165) is 19.3 Å². The van der Waals surface area contributed by atoms with Gasteiger partial charge in [0.15, 0.2) is 11.6 Å². The van der Waals surface area contributed by atoms with Crippen LogP contribution in [0.25, 0.3) is 10.9 Å². The number of anilines is 1. The highest BCUT2D eigenvalue weighted by atomic mass is 32.2. The van der Waals surface area contributed by atoms with Gasteiger partial charge in [0.05, 0.1) is 22.9 Å². The zero-order valence-corrected chi connectivity index (χ0v) is 18.8. The Labute approximate surface area is 193 Å². The Hall–Kier alpha value is -3.56. The molecule has 1 aliphatic carbocycles. The molecule has 1 spiro atoms. The number of halogens is 2. The van der Waals surface area contributed by atoms with Crippen LogP contribution < -0.4 is 15.0 Å². The number of aromatic nitrogens is 2. The third-order valence-corrected chi connectivity index (χ3v) is 7.83. The minimum absolute atomic E-state index is 0.0110. The van der Waals surface area contributed by atoms with Crippen LogP contribution in [-0.2, 0) is 17.3 Å². The molecule has 0 amide bonds. The van der Waals surface area contributed by atoms with E-state index in [1.54, 1.807) is 6.07 Å². The number of benzene rings is 2. The Morgan fingerprint density at radius 1 is 1.24 bits per heavy atom. The largest absolute Gasteiger partial charge is 0.453 e. The van der Waals surface area contributed by atoms with E-state index in [1.165, 1.54) is 40.4 Å². The van der Waals surface area contributed by atoms with Gasteiger partial charge < -0.3 is 9.30 Å². The Kier molecular flexibility index (Phi) is 5.07. The number of nitriles is 1. The quantitative estimate of drug-likeness (QED) is 0.591. The monoisotopic (exact) mass is 487 g/mol. The Morgan fingerprint density at radius 3 is 2.62 bits per heavy atom. The molecule has 0 atom stereocenters.